The first kappa shape index (κ1) is 23.3. The number of aliphatic hydroxyl groups is 1. The molecule has 0 aliphatic heterocycles. The van der Waals surface area contributed by atoms with Gasteiger partial charge >= 0.3 is 0 Å². The molecule has 2 aromatic heterocycles. The van der Waals surface area contributed by atoms with Crippen LogP contribution in [0.2, 0.25) is 0 Å². The number of thioether (sulfide) groups is 2. The van der Waals surface area contributed by atoms with Crippen LogP contribution in [0.5, 0.6) is 0 Å². The van der Waals surface area contributed by atoms with E-state index in [0.29, 0.717) is 16.4 Å². The zero-order valence-electron chi connectivity index (χ0n) is 16.0. The van der Waals surface area contributed by atoms with Crippen molar-refractivity contribution in [1.29, 1.82) is 0 Å². The predicted molar refractivity (Wildman–Crippen MR) is 115 cm³/mol. The Hall–Kier alpha value is -0.750. The van der Waals surface area contributed by atoms with Gasteiger partial charge in [0.25, 0.3) is 0 Å². The van der Waals surface area contributed by atoms with Crippen LogP contribution in [0.4, 0.5) is 0 Å². The van der Waals surface area contributed by atoms with E-state index in [0.717, 1.165) is 34.3 Å². The van der Waals surface area contributed by atoms with E-state index < -0.39 is 0 Å². The quantitative estimate of drug-likeness (QED) is 0.414. The summed E-state index contributed by atoms with van der Waals surface area (Å²) < 4.78 is 0. The second-order valence-corrected chi connectivity index (χ2v) is 9.08. The van der Waals surface area contributed by atoms with Crippen LogP contribution in [0, 0.1) is 0 Å². The van der Waals surface area contributed by atoms with Crippen LogP contribution >= 0.6 is 35.1 Å². The van der Waals surface area contributed by atoms with Gasteiger partial charge in [-0.2, -0.15) is 0 Å². The number of aliphatic hydroxyl groups excluding tert-OH is 1. The van der Waals surface area contributed by atoms with Crippen molar-refractivity contribution < 1.29 is 5.11 Å². The zero-order chi connectivity index (χ0) is 19.4. The number of halogens is 1. The second kappa shape index (κ2) is 13.4. The highest BCUT2D eigenvalue weighted by Crippen LogP contribution is 2.23. The van der Waals surface area contributed by atoms with Crippen LogP contribution in [0.3, 0.4) is 0 Å². The van der Waals surface area contributed by atoms with E-state index in [1.807, 2.05) is 36.4 Å². The molecule has 0 spiro atoms. The van der Waals surface area contributed by atoms with Crippen LogP contribution in [0.15, 0.2) is 46.5 Å². The lowest BCUT2D eigenvalue weighted by atomic mass is 10.4. The van der Waals surface area contributed by atoms with E-state index >= 15 is 0 Å². The van der Waals surface area contributed by atoms with Crippen molar-refractivity contribution in [3.63, 3.8) is 0 Å². The summed E-state index contributed by atoms with van der Waals surface area (Å²) in [6, 6.07) is 11.7. The molecule has 0 saturated heterocycles. The molecule has 0 bridgehead atoms. The maximum atomic E-state index is 8.88. The summed E-state index contributed by atoms with van der Waals surface area (Å²) in [5.74, 6) is 0.495. The third-order valence-corrected chi connectivity index (χ3v) is 6.34. The van der Waals surface area contributed by atoms with Gasteiger partial charge in [-0.15, -0.1) is 35.1 Å². The molecular weight excluding hydrogens is 384 g/mol. The molecule has 3 nitrogen and oxygen atoms in total. The molecule has 0 aliphatic rings. The Bertz CT molecular complexity index is 587. The first-order valence-corrected chi connectivity index (χ1v) is 11.2. The van der Waals surface area contributed by atoms with E-state index in [9.17, 15) is 0 Å². The molecule has 2 rings (SSSR count). The fraction of sp³-hybridized carbons (Fsp3) is 0.500. The van der Waals surface area contributed by atoms with Gasteiger partial charge in [-0.25, -0.2) is 9.97 Å². The summed E-state index contributed by atoms with van der Waals surface area (Å²) in [6.07, 6.45) is 2.30. The Morgan fingerprint density at radius 3 is 1.77 bits per heavy atom. The number of hydrogen-bond donors (Lipinski definition) is 1. The average molecular weight is 413 g/mol. The summed E-state index contributed by atoms with van der Waals surface area (Å²) >= 11 is 9.25. The molecule has 2 unspecified atom stereocenters. The van der Waals surface area contributed by atoms with Gasteiger partial charge in [-0.3, -0.25) is 0 Å². The summed E-state index contributed by atoms with van der Waals surface area (Å²) in [4.78, 5) is 8.70. The lowest BCUT2D eigenvalue weighted by Gasteiger charge is -2.07. The van der Waals surface area contributed by atoms with Crippen LogP contribution in [0.25, 0.3) is 0 Å². The molecule has 0 aliphatic carbocycles. The fourth-order valence-electron chi connectivity index (χ4n) is 1.79. The number of hydrogen-bond acceptors (Lipinski definition) is 5. The molecule has 2 atom stereocenters. The molecule has 0 fully saturated rings. The van der Waals surface area contributed by atoms with Gasteiger partial charge in [0.1, 0.15) is 0 Å². The van der Waals surface area contributed by atoms with Crippen molar-refractivity contribution in [3.8, 4) is 0 Å². The van der Waals surface area contributed by atoms with Crippen molar-refractivity contribution in [2.45, 2.75) is 73.6 Å². The number of pyridine rings is 2. The van der Waals surface area contributed by atoms with Crippen LogP contribution in [-0.4, -0.2) is 25.6 Å². The third-order valence-electron chi connectivity index (χ3n) is 3.66. The Morgan fingerprint density at radius 2 is 1.35 bits per heavy atom. The molecule has 0 radical (unpaired) electrons. The van der Waals surface area contributed by atoms with Crippen LogP contribution in [0.1, 0.15) is 51.9 Å². The summed E-state index contributed by atoms with van der Waals surface area (Å²) in [5, 5.41) is 12.2. The molecule has 6 heteroatoms. The second-order valence-electron chi connectivity index (χ2n) is 5.90. The fourth-order valence-corrected chi connectivity index (χ4v) is 3.75. The Balaban J connectivity index is 0.000000260. The standard InChI is InChI=1S/C10H14ClNS.C10H15NOS/c1-3-8(2)13-10-6-4-5-9(7-11)12-10;1-3-8(2)13-10-6-4-5-9(7-12)11-10/h4-6,8H,3,7H2,1-2H3;4-6,8,12H,3,7H2,1-2H3. The molecule has 0 saturated carbocycles. The molecule has 26 heavy (non-hydrogen) atoms. The minimum atomic E-state index is 0.0227. The van der Waals surface area contributed by atoms with Crippen LogP contribution in [-0.2, 0) is 12.5 Å². The molecule has 2 aromatic rings. The highest BCUT2D eigenvalue weighted by molar-refractivity contribution is 8.00. The lowest BCUT2D eigenvalue weighted by Crippen LogP contribution is -1.95. The molecule has 2 heterocycles. The van der Waals surface area contributed by atoms with Gasteiger partial charge in [0.05, 0.1) is 33.9 Å². The van der Waals surface area contributed by atoms with Crippen LogP contribution < -0.4 is 0 Å². The summed E-state index contributed by atoms with van der Waals surface area (Å²) in [7, 11) is 0. The van der Waals surface area contributed by atoms with Crippen molar-refractivity contribution in [3.05, 3.63) is 47.8 Å². The van der Waals surface area contributed by atoms with Crippen molar-refractivity contribution in [2.24, 2.45) is 0 Å². The Labute approximate surface area is 171 Å². The topological polar surface area (TPSA) is 46.0 Å². The van der Waals surface area contributed by atoms with Gasteiger partial charge < -0.3 is 5.11 Å². The zero-order valence-corrected chi connectivity index (χ0v) is 18.4. The van der Waals surface area contributed by atoms with E-state index in [-0.39, 0.29) is 6.61 Å². The van der Waals surface area contributed by atoms with Crippen molar-refractivity contribution in [1.82, 2.24) is 9.97 Å². The van der Waals surface area contributed by atoms with Crippen molar-refractivity contribution >= 4 is 35.1 Å². The van der Waals surface area contributed by atoms with E-state index in [1.54, 1.807) is 23.5 Å². The largest absolute Gasteiger partial charge is 0.390 e. The number of nitrogens with zero attached hydrogens (tertiary/aromatic N) is 2. The molecule has 1 N–H and O–H groups in total. The van der Waals surface area contributed by atoms with Gasteiger partial charge in [-0.1, -0.05) is 39.8 Å². The minimum absolute atomic E-state index is 0.0227. The average Bonchev–Trinajstić information content (AvgIpc) is 2.68. The first-order chi connectivity index (χ1) is 12.5. The SMILES string of the molecule is CCC(C)Sc1cccc(CCl)n1.CCC(C)Sc1cccc(CO)n1. The lowest BCUT2D eigenvalue weighted by molar-refractivity contribution is 0.276. The molecular formula is C20H29ClN2OS2. The maximum absolute atomic E-state index is 8.88. The maximum Gasteiger partial charge on any atom is 0.0966 e. The Morgan fingerprint density at radius 1 is 0.885 bits per heavy atom. The molecule has 144 valence electrons. The third kappa shape index (κ3) is 9.26. The summed E-state index contributed by atoms with van der Waals surface area (Å²) in [5.41, 5.74) is 1.70. The predicted octanol–water partition coefficient (Wildman–Crippen LogP) is 6.18. The monoisotopic (exact) mass is 412 g/mol. The first-order valence-electron chi connectivity index (χ1n) is 8.94. The smallest absolute Gasteiger partial charge is 0.0966 e. The highest BCUT2D eigenvalue weighted by Gasteiger charge is 2.04. The van der Waals surface area contributed by atoms with Gasteiger partial charge in [0.15, 0.2) is 0 Å². The Kier molecular flexibility index (Phi) is 12.0. The minimum Gasteiger partial charge on any atom is -0.390 e. The van der Waals surface area contributed by atoms with Gasteiger partial charge in [0.2, 0.25) is 0 Å². The molecule has 0 aromatic carbocycles. The number of rotatable bonds is 8. The number of alkyl halides is 1. The van der Waals surface area contributed by atoms with Gasteiger partial charge in [-0.05, 0) is 37.1 Å². The van der Waals surface area contributed by atoms with E-state index in [4.69, 9.17) is 16.7 Å². The molecule has 0 amide bonds. The van der Waals surface area contributed by atoms with Gasteiger partial charge in [0, 0.05) is 10.5 Å². The van der Waals surface area contributed by atoms with E-state index in [2.05, 4.69) is 37.7 Å². The number of aromatic nitrogens is 2. The van der Waals surface area contributed by atoms with Crippen molar-refractivity contribution in [2.75, 3.05) is 0 Å². The summed E-state index contributed by atoms with van der Waals surface area (Å²) in [6.45, 7) is 8.75. The highest BCUT2D eigenvalue weighted by atomic mass is 35.5. The normalized spacial score (nSPS) is 12.8. The van der Waals surface area contributed by atoms with E-state index in [1.165, 1.54) is 0 Å².